The van der Waals surface area contributed by atoms with E-state index in [2.05, 4.69) is 10.4 Å². The smallest absolute Gasteiger partial charge is 0.265 e. The molecule has 1 N–H and O–H groups in total. The zero-order chi connectivity index (χ0) is 21.2. The number of carbonyl (C=O) groups excluding carboxylic acids is 1. The number of rotatable bonds is 5. The SMILES string of the molecule is Cc1ccc(S(=O)(=O)N(C)c2c(C(=O)Nc3ccc(C#N)cc3)cnn2C)cc1. The van der Waals surface area contributed by atoms with Gasteiger partial charge in [0.1, 0.15) is 5.56 Å². The first-order valence-electron chi connectivity index (χ1n) is 8.63. The Balaban J connectivity index is 1.93. The van der Waals surface area contributed by atoms with Crippen LogP contribution in [0.5, 0.6) is 0 Å². The highest BCUT2D eigenvalue weighted by Crippen LogP contribution is 2.26. The van der Waals surface area contributed by atoms with E-state index in [0.717, 1.165) is 9.87 Å². The molecule has 3 rings (SSSR count). The Bertz CT molecular complexity index is 1190. The van der Waals surface area contributed by atoms with E-state index in [4.69, 9.17) is 5.26 Å². The number of carbonyl (C=O) groups is 1. The first-order chi connectivity index (χ1) is 13.7. The van der Waals surface area contributed by atoms with E-state index in [1.54, 1.807) is 43.4 Å². The maximum atomic E-state index is 13.0. The van der Waals surface area contributed by atoms with E-state index >= 15 is 0 Å². The number of hydrogen-bond donors (Lipinski definition) is 1. The monoisotopic (exact) mass is 409 g/mol. The van der Waals surface area contributed by atoms with Gasteiger partial charge < -0.3 is 5.32 Å². The summed E-state index contributed by atoms with van der Waals surface area (Å²) in [5, 5.41) is 15.6. The summed E-state index contributed by atoms with van der Waals surface area (Å²) < 4.78 is 28.4. The Hall–Kier alpha value is -3.64. The quantitative estimate of drug-likeness (QED) is 0.697. The second-order valence-corrected chi connectivity index (χ2v) is 8.40. The highest BCUT2D eigenvalue weighted by Gasteiger charge is 2.28. The Labute approximate surface area is 169 Å². The van der Waals surface area contributed by atoms with Gasteiger partial charge in [-0.2, -0.15) is 10.4 Å². The predicted molar refractivity (Wildman–Crippen MR) is 109 cm³/mol. The summed E-state index contributed by atoms with van der Waals surface area (Å²) in [7, 11) is -0.938. The van der Waals surface area contributed by atoms with Gasteiger partial charge in [0.2, 0.25) is 0 Å². The molecule has 8 nitrogen and oxygen atoms in total. The molecular weight excluding hydrogens is 390 g/mol. The largest absolute Gasteiger partial charge is 0.322 e. The molecule has 1 heterocycles. The van der Waals surface area contributed by atoms with Gasteiger partial charge in [-0.25, -0.2) is 8.42 Å². The van der Waals surface area contributed by atoms with E-state index in [1.165, 1.54) is 30.1 Å². The van der Waals surface area contributed by atoms with Crippen molar-refractivity contribution in [2.45, 2.75) is 11.8 Å². The zero-order valence-corrected chi connectivity index (χ0v) is 16.9. The number of nitrogens with one attached hydrogen (secondary N) is 1. The highest BCUT2D eigenvalue weighted by molar-refractivity contribution is 7.92. The van der Waals surface area contributed by atoms with Gasteiger partial charge >= 0.3 is 0 Å². The van der Waals surface area contributed by atoms with Crippen LogP contribution in [0.2, 0.25) is 0 Å². The Kier molecular flexibility index (Phi) is 5.39. The lowest BCUT2D eigenvalue weighted by molar-refractivity contribution is 0.102. The highest BCUT2D eigenvalue weighted by atomic mass is 32.2. The van der Waals surface area contributed by atoms with Gasteiger partial charge in [-0.1, -0.05) is 17.7 Å². The van der Waals surface area contributed by atoms with Crippen molar-refractivity contribution < 1.29 is 13.2 Å². The van der Waals surface area contributed by atoms with E-state index in [-0.39, 0.29) is 16.3 Å². The number of benzene rings is 2. The van der Waals surface area contributed by atoms with Crippen LogP contribution >= 0.6 is 0 Å². The van der Waals surface area contributed by atoms with Gasteiger partial charge in [-0.3, -0.25) is 13.8 Å². The molecule has 0 radical (unpaired) electrons. The van der Waals surface area contributed by atoms with Crippen LogP contribution in [-0.4, -0.2) is 31.2 Å². The summed E-state index contributed by atoms with van der Waals surface area (Å²) in [6, 6.07) is 14.8. The number of hydrogen-bond acceptors (Lipinski definition) is 5. The molecule has 0 bridgehead atoms. The second-order valence-electron chi connectivity index (χ2n) is 6.43. The van der Waals surface area contributed by atoms with Gasteiger partial charge in [0, 0.05) is 19.8 Å². The molecule has 148 valence electrons. The molecule has 9 heteroatoms. The van der Waals surface area contributed by atoms with Gasteiger partial charge in [0.15, 0.2) is 5.82 Å². The third-order valence-electron chi connectivity index (χ3n) is 4.40. The molecule has 0 atom stereocenters. The fourth-order valence-corrected chi connectivity index (χ4v) is 4.01. The molecule has 0 saturated carbocycles. The number of anilines is 2. The van der Waals surface area contributed by atoms with Crippen LogP contribution < -0.4 is 9.62 Å². The third-order valence-corrected chi connectivity index (χ3v) is 6.16. The summed E-state index contributed by atoms with van der Waals surface area (Å²) in [5.74, 6) is -0.375. The number of aromatic nitrogens is 2. The van der Waals surface area contributed by atoms with E-state index in [0.29, 0.717) is 11.3 Å². The zero-order valence-electron chi connectivity index (χ0n) is 16.1. The second kappa shape index (κ2) is 7.77. The molecule has 1 aromatic heterocycles. The lowest BCUT2D eigenvalue weighted by atomic mass is 10.2. The molecule has 0 unspecified atom stereocenters. The molecule has 0 fully saturated rings. The number of nitriles is 1. The molecule has 0 aliphatic heterocycles. The summed E-state index contributed by atoms with van der Waals surface area (Å²) in [4.78, 5) is 12.9. The molecule has 0 aliphatic rings. The number of sulfonamides is 1. The topological polar surface area (TPSA) is 108 Å². The summed E-state index contributed by atoms with van der Waals surface area (Å²) in [6.45, 7) is 1.87. The summed E-state index contributed by atoms with van der Waals surface area (Å²) >= 11 is 0. The van der Waals surface area contributed by atoms with Gasteiger partial charge in [0.25, 0.3) is 15.9 Å². The standard InChI is InChI=1S/C20H19N5O3S/c1-14-4-10-17(11-5-14)29(27,28)25(3)20-18(13-22-24(20)2)19(26)23-16-8-6-15(12-21)7-9-16/h4-11,13H,1-3H3,(H,23,26). The van der Waals surface area contributed by atoms with Crippen LogP contribution in [0.25, 0.3) is 0 Å². The molecule has 0 saturated heterocycles. The van der Waals surface area contributed by atoms with Gasteiger partial charge in [-0.15, -0.1) is 0 Å². The van der Waals surface area contributed by atoms with Crippen molar-refractivity contribution in [2.75, 3.05) is 16.7 Å². The lowest BCUT2D eigenvalue weighted by Crippen LogP contribution is -2.30. The average molecular weight is 409 g/mol. The first kappa shape index (κ1) is 20.1. The maximum Gasteiger partial charge on any atom is 0.265 e. The minimum atomic E-state index is -3.88. The minimum Gasteiger partial charge on any atom is -0.322 e. The Morgan fingerprint density at radius 3 is 2.34 bits per heavy atom. The normalized spacial score (nSPS) is 11.0. The molecule has 1 amide bonds. The minimum absolute atomic E-state index is 0.107. The lowest BCUT2D eigenvalue weighted by Gasteiger charge is -2.21. The summed E-state index contributed by atoms with van der Waals surface area (Å²) in [6.07, 6.45) is 1.31. The molecule has 3 aromatic rings. The molecule has 29 heavy (non-hydrogen) atoms. The van der Waals surface area contributed by atoms with Gasteiger partial charge in [-0.05, 0) is 43.3 Å². The third kappa shape index (κ3) is 3.97. The Morgan fingerprint density at radius 1 is 1.14 bits per heavy atom. The molecule has 0 spiro atoms. The van der Waals surface area contributed by atoms with Crippen LogP contribution in [-0.2, 0) is 17.1 Å². The van der Waals surface area contributed by atoms with E-state index in [1.807, 2.05) is 13.0 Å². The predicted octanol–water partition coefficient (Wildman–Crippen LogP) is 2.68. The van der Waals surface area contributed by atoms with Crippen LogP contribution in [0, 0.1) is 18.3 Å². The fourth-order valence-electron chi connectivity index (χ4n) is 2.77. The molecular formula is C20H19N5O3S. The van der Waals surface area contributed by atoms with Crippen molar-refractivity contribution in [3.63, 3.8) is 0 Å². The van der Waals surface area contributed by atoms with Crippen molar-refractivity contribution in [2.24, 2.45) is 7.05 Å². The first-order valence-corrected chi connectivity index (χ1v) is 10.1. The van der Waals surface area contributed by atoms with Crippen LogP contribution in [0.3, 0.4) is 0 Å². The van der Waals surface area contributed by atoms with Crippen molar-refractivity contribution >= 4 is 27.4 Å². The van der Waals surface area contributed by atoms with Crippen LogP contribution in [0.1, 0.15) is 21.5 Å². The average Bonchev–Trinajstić information content (AvgIpc) is 3.09. The van der Waals surface area contributed by atoms with Crippen LogP contribution in [0.15, 0.2) is 59.6 Å². The van der Waals surface area contributed by atoms with Gasteiger partial charge in [0.05, 0.1) is 22.7 Å². The van der Waals surface area contributed by atoms with Crippen molar-refractivity contribution in [1.29, 1.82) is 5.26 Å². The van der Waals surface area contributed by atoms with E-state index in [9.17, 15) is 13.2 Å². The maximum absolute atomic E-state index is 13.0. The molecule has 2 aromatic carbocycles. The van der Waals surface area contributed by atoms with Crippen LogP contribution in [0.4, 0.5) is 11.5 Å². The van der Waals surface area contributed by atoms with Crippen molar-refractivity contribution in [3.8, 4) is 6.07 Å². The van der Waals surface area contributed by atoms with Crippen molar-refractivity contribution in [1.82, 2.24) is 9.78 Å². The summed E-state index contributed by atoms with van der Waals surface area (Å²) in [5.41, 5.74) is 1.99. The van der Waals surface area contributed by atoms with E-state index < -0.39 is 15.9 Å². The fraction of sp³-hybridized carbons (Fsp3) is 0.150. The number of nitrogens with zero attached hydrogens (tertiary/aromatic N) is 4. The van der Waals surface area contributed by atoms with Crippen molar-refractivity contribution in [3.05, 3.63) is 71.4 Å². The molecule has 0 aliphatic carbocycles. The Morgan fingerprint density at radius 2 is 1.76 bits per heavy atom. The number of aryl methyl sites for hydroxylation is 2. The number of amides is 1.